The Balaban J connectivity index is 1.77. The van der Waals surface area contributed by atoms with Gasteiger partial charge in [0.2, 0.25) is 0 Å². The van der Waals surface area contributed by atoms with E-state index >= 15 is 0 Å². The van der Waals surface area contributed by atoms with Gasteiger partial charge in [0.15, 0.2) is 0 Å². The van der Waals surface area contributed by atoms with Crippen molar-refractivity contribution in [1.82, 2.24) is 0 Å². The second-order valence-electron chi connectivity index (χ2n) is 16.6. The summed E-state index contributed by atoms with van der Waals surface area (Å²) in [6, 6.07) is 15.0. The van der Waals surface area contributed by atoms with Gasteiger partial charge < -0.3 is 13.9 Å². The van der Waals surface area contributed by atoms with Crippen molar-refractivity contribution in [2.45, 2.75) is 146 Å². The first-order valence-electron chi connectivity index (χ1n) is 16.8. The van der Waals surface area contributed by atoms with Crippen LogP contribution >= 0.6 is 0 Å². The van der Waals surface area contributed by atoms with Gasteiger partial charge in [0, 0.05) is 23.4 Å². The van der Waals surface area contributed by atoms with E-state index in [1.54, 1.807) is 0 Å². The number of fused-ring (bicyclic) bond motifs is 1. The van der Waals surface area contributed by atoms with Gasteiger partial charge in [-0.15, -0.1) is 0 Å². The molecule has 0 radical (unpaired) electrons. The van der Waals surface area contributed by atoms with E-state index in [1.165, 1.54) is 30.4 Å². The first-order chi connectivity index (χ1) is 20.2. The molecule has 1 aromatic heterocycles. The van der Waals surface area contributed by atoms with Crippen LogP contribution in [0.3, 0.4) is 0 Å². The second-order valence-corrected chi connectivity index (χ2v) is 16.6. The molecule has 0 saturated carbocycles. The van der Waals surface area contributed by atoms with E-state index in [0.717, 1.165) is 47.3 Å². The van der Waals surface area contributed by atoms with Gasteiger partial charge >= 0.3 is 5.97 Å². The molecule has 0 bridgehead atoms. The second kappa shape index (κ2) is 13.3. The molecule has 4 nitrogen and oxygen atoms in total. The Labute approximate surface area is 268 Å². The summed E-state index contributed by atoms with van der Waals surface area (Å²) in [5.74, 6) is 1.48. The van der Waals surface area contributed by atoms with Crippen molar-refractivity contribution in [3.05, 3.63) is 53.6 Å². The molecule has 0 fully saturated rings. The van der Waals surface area contributed by atoms with E-state index in [9.17, 15) is 4.79 Å². The van der Waals surface area contributed by atoms with Crippen LogP contribution in [0.1, 0.15) is 133 Å². The Morgan fingerprint density at radius 1 is 0.773 bits per heavy atom. The summed E-state index contributed by atoms with van der Waals surface area (Å²) < 4.78 is 19.2. The SMILES string of the molecule is CCCCCc1ccc(-c2cc3ccc(OC(C)(C)CC(C)(C)OC(=O)C(C)(CC(C)(C)C)C(C)(C)C)cc3o2)c(CC)c1. The molecule has 0 amide bonds. The molecule has 0 aliphatic rings. The molecule has 0 N–H and O–H groups in total. The number of hydrogen-bond acceptors (Lipinski definition) is 4. The molecule has 244 valence electrons. The van der Waals surface area contributed by atoms with Crippen LogP contribution in [0, 0.1) is 16.2 Å². The van der Waals surface area contributed by atoms with E-state index in [-0.39, 0.29) is 16.8 Å². The zero-order valence-corrected chi connectivity index (χ0v) is 30.1. The van der Waals surface area contributed by atoms with Crippen molar-refractivity contribution in [2.24, 2.45) is 16.2 Å². The first kappa shape index (κ1) is 35.7. The number of hydrogen-bond donors (Lipinski definition) is 0. The topological polar surface area (TPSA) is 48.7 Å². The molecule has 0 aliphatic carbocycles. The van der Waals surface area contributed by atoms with Crippen LogP contribution in [-0.4, -0.2) is 17.2 Å². The summed E-state index contributed by atoms with van der Waals surface area (Å²) in [4.78, 5) is 13.8. The molecule has 0 spiro atoms. The van der Waals surface area contributed by atoms with Gasteiger partial charge in [-0.1, -0.05) is 86.4 Å². The summed E-state index contributed by atoms with van der Waals surface area (Å²) in [5, 5.41) is 1.05. The Morgan fingerprint density at radius 3 is 2.05 bits per heavy atom. The molecular weight excluding hydrogens is 544 g/mol. The average Bonchev–Trinajstić information content (AvgIpc) is 3.29. The maximum atomic E-state index is 13.8. The number of furan rings is 1. The lowest BCUT2D eigenvalue weighted by atomic mass is 9.61. The molecular formula is C40H60O4. The van der Waals surface area contributed by atoms with E-state index in [0.29, 0.717) is 6.42 Å². The number of unbranched alkanes of at least 4 members (excludes halogenated alkanes) is 2. The predicted octanol–water partition coefficient (Wildman–Crippen LogP) is 11.8. The number of esters is 1. The third kappa shape index (κ3) is 9.14. The standard InChI is InChI=1S/C40H60O4/c1-14-16-17-18-28-19-22-32(29(15-2)23-28)34-24-30-20-21-31(25-33(30)42-34)43-38(9,10)27-39(11,12)44-35(41)40(13,37(6,7)8)26-36(3,4)5/h19-25H,14-18,26-27H2,1-13H3. The molecule has 1 atom stereocenters. The monoisotopic (exact) mass is 604 g/mol. The van der Waals surface area contributed by atoms with Gasteiger partial charge in [-0.05, 0) is 100 Å². The molecule has 1 heterocycles. The lowest BCUT2D eigenvalue weighted by Crippen LogP contribution is -2.48. The van der Waals surface area contributed by atoms with E-state index in [2.05, 4.69) is 92.6 Å². The Kier molecular flexibility index (Phi) is 10.8. The van der Waals surface area contributed by atoms with Gasteiger partial charge in [-0.2, -0.15) is 0 Å². The number of ether oxygens (including phenoxy) is 2. The normalized spacial score (nSPS) is 14.5. The van der Waals surface area contributed by atoms with Crippen molar-refractivity contribution in [1.29, 1.82) is 0 Å². The number of rotatable bonds is 13. The van der Waals surface area contributed by atoms with Gasteiger partial charge in [-0.25, -0.2) is 0 Å². The largest absolute Gasteiger partial charge is 0.488 e. The Morgan fingerprint density at radius 2 is 1.45 bits per heavy atom. The number of carbonyl (C=O) groups excluding carboxylic acids is 1. The minimum Gasteiger partial charge on any atom is -0.488 e. The van der Waals surface area contributed by atoms with Crippen molar-refractivity contribution >= 4 is 16.9 Å². The minimum atomic E-state index is -0.716. The third-order valence-electron chi connectivity index (χ3n) is 8.98. The fourth-order valence-corrected chi connectivity index (χ4v) is 6.61. The maximum Gasteiger partial charge on any atom is 0.312 e. The van der Waals surface area contributed by atoms with Gasteiger partial charge in [-0.3, -0.25) is 4.79 Å². The fraction of sp³-hybridized carbons (Fsp3) is 0.625. The van der Waals surface area contributed by atoms with Crippen LogP contribution in [0.5, 0.6) is 5.75 Å². The van der Waals surface area contributed by atoms with Crippen LogP contribution in [-0.2, 0) is 22.4 Å². The molecule has 44 heavy (non-hydrogen) atoms. The van der Waals surface area contributed by atoms with E-state index in [1.807, 2.05) is 39.8 Å². The summed E-state index contributed by atoms with van der Waals surface area (Å²) in [6.07, 6.45) is 7.10. The van der Waals surface area contributed by atoms with Gasteiger partial charge in [0.1, 0.15) is 28.3 Å². The van der Waals surface area contributed by atoms with Crippen molar-refractivity contribution in [2.75, 3.05) is 0 Å². The third-order valence-corrected chi connectivity index (χ3v) is 8.98. The van der Waals surface area contributed by atoms with Crippen LogP contribution in [0.2, 0.25) is 0 Å². The lowest BCUT2D eigenvalue weighted by Gasteiger charge is -2.45. The smallest absolute Gasteiger partial charge is 0.312 e. The number of carbonyl (C=O) groups is 1. The highest BCUT2D eigenvalue weighted by Gasteiger charge is 2.49. The summed E-state index contributed by atoms with van der Waals surface area (Å²) in [7, 11) is 0. The molecule has 3 rings (SSSR count). The summed E-state index contributed by atoms with van der Waals surface area (Å²) in [6.45, 7) is 27.5. The molecule has 3 aromatic rings. The number of benzene rings is 2. The van der Waals surface area contributed by atoms with E-state index < -0.39 is 16.6 Å². The summed E-state index contributed by atoms with van der Waals surface area (Å²) >= 11 is 0. The van der Waals surface area contributed by atoms with Crippen molar-refractivity contribution in [3.8, 4) is 17.1 Å². The molecule has 4 heteroatoms. The predicted molar refractivity (Wildman–Crippen MR) is 185 cm³/mol. The zero-order chi connectivity index (χ0) is 33.1. The highest BCUT2D eigenvalue weighted by molar-refractivity contribution is 5.84. The highest BCUT2D eigenvalue weighted by Crippen LogP contribution is 2.48. The fourth-order valence-electron chi connectivity index (χ4n) is 6.61. The molecule has 0 saturated heterocycles. The van der Waals surface area contributed by atoms with Gasteiger partial charge in [0.25, 0.3) is 0 Å². The van der Waals surface area contributed by atoms with Crippen LogP contribution in [0.4, 0.5) is 0 Å². The zero-order valence-electron chi connectivity index (χ0n) is 30.1. The quantitative estimate of drug-likeness (QED) is 0.144. The molecule has 1 unspecified atom stereocenters. The lowest BCUT2D eigenvalue weighted by molar-refractivity contribution is -0.181. The van der Waals surface area contributed by atoms with Crippen LogP contribution in [0.25, 0.3) is 22.3 Å². The number of aryl methyl sites for hydroxylation is 2. The van der Waals surface area contributed by atoms with Crippen LogP contribution < -0.4 is 4.74 Å². The highest BCUT2D eigenvalue weighted by atomic mass is 16.6. The molecule has 0 aliphatic heterocycles. The van der Waals surface area contributed by atoms with Crippen molar-refractivity contribution in [3.63, 3.8) is 0 Å². The Hall–Kier alpha value is -2.75. The van der Waals surface area contributed by atoms with Gasteiger partial charge in [0.05, 0.1) is 5.41 Å². The Bertz CT molecular complexity index is 1410. The maximum absolute atomic E-state index is 13.8. The average molecular weight is 605 g/mol. The minimum absolute atomic E-state index is 0.00621. The van der Waals surface area contributed by atoms with Crippen molar-refractivity contribution < 1.29 is 18.7 Å². The summed E-state index contributed by atoms with van der Waals surface area (Å²) in [5.41, 5.74) is 2.50. The first-order valence-corrected chi connectivity index (χ1v) is 16.8. The van der Waals surface area contributed by atoms with Crippen LogP contribution in [0.15, 0.2) is 46.9 Å². The van der Waals surface area contributed by atoms with E-state index in [4.69, 9.17) is 13.9 Å². The molecule has 2 aromatic carbocycles.